The molecule has 0 spiro atoms. The van der Waals surface area contributed by atoms with E-state index in [-0.39, 0.29) is 17.6 Å². The van der Waals surface area contributed by atoms with Gasteiger partial charge < -0.3 is 10.3 Å². The van der Waals surface area contributed by atoms with Crippen molar-refractivity contribution >= 4 is 5.69 Å². The van der Waals surface area contributed by atoms with E-state index in [2.05, 4.69) is 10.1 Å². The fourth-order valence-corrected chi connectivity index (χ4v) is 1.78. The number of rotatable bonds is 4. The molecule has 0 aliphatic rings. The van der Waals surface area contributed by atoms with Gasteiger partial charge in [-0.1, -0.05) is 19.0 Å². The molecule has 106 valence electrons. The first-order chi connectivity index (χ1) is 9.40. The van der Waals surface area contributed by atoms with E-state index in [1.165, 1.54) is 6.07 Å². The molecule has 1 atom stereocenters. The zero-order valence-electron chi connectivity index (χ0n) is 11.5. The number of nitrogens with two attached hydrogens (primary N) is 1. The van der Waals surface area contributed by atoms with Gasteiger partial charge in [0.2, 0.25) is 0 Å². The van der Waals surface area contributed by atoms with Crippen molar-refractivity contribution < 1.29 is 9.45 Å². The van der Waals surface area contributed by atoms with Crippen LogP contribution in [0.3, 0.4) is 0 Å². The van der Waals surface area contributed by atoms with E-state index in [1.807, 2.05) is 13.8 Å². The van der Waals surface area contributed by atoms with Gasteiger partial charge in [-0.05, 0) is 25.0 Å². The standard InChI is InChI=1S/C13H16N4O3/c1-7(2)11(14)12-15-13(20-16-12)9-4-5-10(17(18)19)8(3)6-9/h4-7,11H,14H2,1-3H3. The van der Waals surface area contributed by atoms with Crippen LogP contribution in [0, 0.1) is 23.0 Å². The molecule has 1 heterocycles. The molecule has 0 aliphatic heterocycles. The lowest BCUT2D eigenvalue weighted by Crippen LogP contribution is -2.18. The third kappa shape index (κ3) is 2.67. The van der Waals surface area contributed by atoms with Crippen molar-refractivity contribution in [3.63, 3.8) is 0 Å². The molecule has 0 amide bonds. The Morgan fingerprint density at radius 3 is 2.65 bits per heavy atom. The van der Waals surface area contributed by atoms with Crippen LogP contribution in [0.15, 0.2) is 22.7 Å². The fourth-order valence-electron chi connectivity index (χ4n) is 1.78. The van der Waals surface area contributed by atoms with Gasteiger partial charge in [0.05, 0.1) is 11.0 Å². The van der Waals surface area contributed by atoms with Crippen LogP contribution in [0.4, 0.5) is 5.69 Å². The molecule has 1 unspecified atom stereocenters. The highest BCUT2D eigenvalue weighted by Gasteiger charge is 2.19. The minimum Gasteiger partial charge on any atom is -0.334 e. The van der Waals surface area contributed by atoms with Gasteiger partial charge in [0, 0.05) is 17.2 Å². The summed E-state index contributed by atoms with van der Waals surface area (Å²) in [7, 11) is 0. The van der Waals surface area contributed by atoms with Crippen LogP contribution in [0.2, 0.25) is 0 Å². The number of hydrogen-bond acceptors (Lipinski definition) is 6. The highest BCUT2D eigenvalue weighted by molar-refractivity contribution is 5.58. The summed E-state index contributed by atoms with van der Waals surface area (Å²) in [5.41, 5.74) is 7.19. The summed E-state index contributed by atoms with van der Waals surface area (Å²) in [4.78, 5) is 14.6. The second-order valence-electron chi connectivity index (χ2n) is 4.99. The summed E-state index contributed by atoms with van der Waals surface area (Å²) < 4.78 is 5.17. The lowest BCUT2D eigenvalue weighted by atomic mass is 10.1. The minimum absolute atomic E-state index is 0.0624. The zero-order valence-corrected chi connectivity index (χ0v) is 11.5. The molecule has 2 aromatic rings. The van der Waals surface area contributed by atoms with Gasteiger partial charge in [-0.25, -0.2) is 0 Å². The van der Waals surface area contributed by atoms with Gasteiger partial charge in [0.15, 0.2) is 5.82 Å². The highest BCUT2D eigenvalue weighted by Crippen LogP contribution is 2.26. The molecule has 0 saturated carbocycles. The van der Waals surface area contributed by atoms with E-state index in [1.54, 1.807) is 19.1 Å². The van der Waals surface area contributed by atoms with Crippen LogP contribution in [0.1, 0.15) is 31.3 Å². The minimum atomic E-state index is -0.424. The Bertz CT molecular complexity index is 636. The van der Waals surface area contributed by atoms with E-state index in [9.17, 15) is 10.1 Å². The van der Waals surface area contributed by atoms with Crippen molar-refractivity contribution in [2.75, 3.05) is 0 Å². The van der Waals surface area contributed by atoms with Crippen molar-refractivity contribution in [2.24, 2.45) is 11.7 Å². The maximum absolute atomic E-state index is 10.8. The average molecular weight is 276 g/mol. The van der Waals surface area contributed by atoms with Crippen molar-refractivity contribution in [3.05, 3.63) is 39.7 Å². The Morgan fingerprint density at radius 1 is 1.40 bits per heavy atom. The molecule has 2 rings (SSSR count). The molecule has 1 aromatic heterocycles. The third-order valence-corrected chi connectivity index (χ3v) is 3.10. The van der Waals surface area contributed by atoms with E-state index in [0.717, 1.165) is 0 Å². The molecular formula is C13H16N4O3. The van der Waals surface area contributed by atoms with Crippen LogP contribution < -0.4 is 5.73 Å². The van der Waals surface area contributed by atoms with Crippen LogP contribution >= 0.6 is 0 Å². The quantitative estimate of drug-likeness (QED) is 0.679. The number of benzene rings is 1. The predicted molar refractivity (Wildman–Crippen MR) is 72.9 cm³/mol. The Morgan fingerprint density at radius 2 is 2.10 bits per heavy atom. The van der Waals surface area contributed by atoms with E-state index < -0.39 is 4.92 Å². The Balaban J connectivity index is 2.33. The normalized spacial score (nSPS) is 12.7. The van der Waals surface area contributed by atoms with Gasteiger partial charge >= 0.3 is 0 Å². The van der Waals surface area contributed by atoms with Crippen LogP contribution in [0.25, 0.3) is 11.5 Å². The first kappa shape index (κ1) is 14.1. The second-order valence-corrected chi connectivity index (χ2v) is 4.99. The van der Waals surface area contributed by atoms with Crippen LogP contribution in [-0.2, 0) is 0 Å². The smallest absolute Gasteiger partial charge is 0.272 e. The molecule has 2 N–H and O–H groups in total. The van der Waals surface area contributed by atoms with Crippen molar-refractivity contribution in [2.45, 2.75) is 26.8 Å². The second kappa shape index (κ2) is 5.38. The number of nitro groups is 1. The number of aryl methyl sites for hydroxylation is 1. The number of nitro benzene ring substituents is 1. The largest absolute Gasteiger partial charge is 0.334 e. The lowest BCUT2D eigenvalue weighted by molar-refractivity contribution is -0.385. The molecule has 1 aromatic carbocycles. The molecule has 7 heteroatoms. The fraction of sp³-hybridized carbons (Fsp3) is 0.385. The van der Waals surface area contributed by atoms with Crippen LogP contribution in [-0.4, -0.2) is 15.1 Å². The average Bonchev–Trinajstić information content (AvgIpc) is 2.86. The predicted octanol–water partition coefficient (Wildman–Crippen LogP) is 2.61. The van der Waals surface area contributed by atoms with Gasteiger partial charge in [0.25, 0.3) is 11.6 Å². The summed E-state index contributed by atoms with van der Waals surface area (Å²) in [6, 6.07) is 4.36. The zero-order chi connectivity index (χ0) is 14.9. The maximum Gasteiger partial charge on any atom is 0.272 e. The molecule has 20 heavy (non-hydrogen) atoms. The SMILES string of the molecule is Cc1cc(-c2nc(C(N)C(C)C)no2)ccc1[N+](=O)[O-]. The van der Waals surface area contributed by atoms with Gasteiger partial charge in [-0.2, -0.15) is 4.98 Å². The molecule has 0 bridgehead atoms. The van der Waals surface area contributed by atoms with Gasteiger partial charge in [-0.3, -0.25) is 10.1 Å². The molecule has 0 radical (unpaired) electrons. The maximum atomic E-state index is 10.8. The summed E-state index contributed by atoms with van der Waals surface area (Å²) in [5.74, 6) is 0.944. The topological polar surface area (TPSA) is 108 Å². The van der Waals surface area contributed by atoms with Crippen LogP contribution in [0.5, 0.6) is 0 Å². The van der Waals surface area contributed by atoms with Crippen molar-refractivity contribution in [1.82, 2.24) is 10.1 Å². The van der Waals surface area contributed by atoms with E-state index >= 15 is 0 Å². The highest BCUT2D eigenvalue weighted by atomic mass is 16.6. The lowest BCUT2D eigenvalue weighted by Gasteiger charge is -2.09. The summed E-state index contributed by atoms with van der Waals surface area (Å²) in [6.45, 7) is 5.60. The summed E-state index contributed by atoms with van der Waals surface area (Å²) in [6.07, 6.45) is 0. The van der Waals surface area contributed by atoms with Gasteiger partial charge in [-0.15, -0.1) is 0 Å². The van der Waals surface area contributed by atoms with E-state index in [4.69, 9.17) is 10.3 Å². The number of hydrogen-bond donors (Lipinski definition) is 1. The molecular weight excluding hydrogens is 260 g/mol. The van der Waals surface area contributed by atoms with Crippen molar-refractivity contribution in [1.29, 1.82) is 0 Å². The molecule has 0 fully saturated rings. The first-order valence-electron chi connectivity index (χ1n) is 6.24. The van der Waals surface area contributed by atoms with Gasteiger partial charge in [0.1, 0.15) is 0 Å². The Hall–Kier alpha value is -2.28. The Kier molecular flexibility index (Phi) is 3.80. The summed E-state index contributed by atoms with van der Waals surface area (Å²) in [5, 5.41) is 14.6. The monoisotopic (exact) mass is 276 g/mol. The molecule has 7 nitrogen and oxygen atoms in total. The Labute approximate surface area is 115 Å². The molecule has 0 saturated heterocycles. The first-order valence-corrected chi connectivity index (χ1v) is 6.24. The van der Waals surface area contributed by atoms with E-state index in [0.29, 0.717) is 22.8 Å². The molecule has 0 aliphatic carbocycles. The third-order valence-electron chi connectivity index (χ3n) is 3.10. The number of aromatic nitrogens is 2. The summed E-state index contributed by atoms with van der Waals surface area (Å²) >= 11 is 0. The van der Waals surface area contributed by atoms with Crippen molar-refractivity contribution in [3.8, 4) is 11.5 Å². The number of nitrogens with zero attached hydrogens (tertiary/aromatic N) is 3.